The number of hydrogen-bond acceptors (Lipinski definition) is 3. The van der Waals surface area contributed by atoms with E-state index in [0.717, 1.165) is 5.69 Å². The van der Waals surface area contributed by atoms with E-state index in [9.17, 15) is 4.79 Å². The fourth-order valence-electron chi connectivity index (χ4n) is 2.48. The first-order valence-corrected chi connectivity index (χ1v) is 5.88. The lowest BCUT2D eigenvalue weighted by atomic mass is 10.1. The Bertz CT molecular complexity index is 458. The largest absolute Gasteiger partial charge is 0.396 e. The summed E-state index contributed by atoms with van der Waals surface area (Å²) >= 11 is 0. The molecular formula is C13H15NO3. The highest BCUT2D eigenvalue weighted by molar-refractivity contribution is 5.95. The van der Waals surface area contributed by atoms with Crippen molar-refractivity contribution in [2.75, 3.05) is 18.1 Å². The minimum atomic E-state index is 0.0759. The van der Waals surface area contributed by atoms with Gasteiger partial charge in [0.05, 0.1) is 13.2 Å². The summed E-state index contributed by atoms with van der Waals surface area (Å²) < 4.78 is 5.36. The zero-order valence-electron chi connectivity index (χ0n) is 9.56. The van der Waals surface area contributed by atoms with Crippen molar-refractivity contribution in [3.05, 3.63) is 29.3 Å². The molecule has 1 aromatic carbocycles. The molecule has 90 valence electrons. The third kappa shape index (κ3) is 1.83. The van der Waals surface area contributed by atoms with Crippen LogP contribution in [0.25, 0.3) is 0 Å². The van der Waals surface area contributed by atoms with Gasteiger partial charge in [-0.1, -0.05) is 6.07 Å². The Balaban J connectivity index is 1.87. The van der Waals surface area contributed by atoms with Crippen LogP contribution in [0.15, 0.2) is 18.2 Å². The zero-order chi connectivity index (χ0) is 11.8. The van der Waals surface area contributed by atoms with Crippen molar-refractivity contribution in [3.63, 3.8) is 0 Å². The number of carbonyl (C=O) groups excluding carboxylic acids is 1. The standard InChI is InChI=1S/C13H15NO3/c15-6-9-3-13(16)14(5-9)12-2-1-10-7-17-8-11(10)4-12/h1-2,4,9,15H,3,5-8H2. The zero-order valence-corrected chi connectivity index (χ0v) is 9.56. The molecule has 0 spiro atoms. The molecule has 1 aromatic rings. The number of aliphatic hydroxyl groups excluding tert-OH is 1. The molecule has 1 unspecified atom stereocenters. The van der Waals surface area contributed by atoms with Crippen molar-refractivity contribution in [2.24, 2.45) is 5.92 Å². The first-order chi connectivity index (χ1) is 8.28. The molecule has 1 saturated heterocycles. The monoisotopic (exact) mass is 233 g/mol. The van der Waals surface area contributed by atoms with Crippen LogP contribution < -0.4 is 4.90 Å². The third-order valence-electron chi connectivity index (χ3n) is 3.48. The number of nitrogens with zero attached hydrogens (tertiary/aromatic N) is 1. The van der Waals surface area contributed by atoms with Gasteiger partial charge in [0.2, 0.25) is 5.91 Å². The van der Waals surface area contributed by atoms with Crippen molar-refractivity contribution < 1.29 is 14.6 Å². The molecule has 2 aliphatic heterocycles. The SMILES string of the molecule is O=C1CC(CO)CN1c1ccc2c(c1)COC2. The van der Waals surface area contributed by atoms with Gasteiger partial charge in [-0.15, -0.1) is 0 Å². The van der Waals surface area contributed by atoms with Gasteiger partial charge in [-0.05, 0) is 23.3 Å². The van der Waals surface area contributed by atoms with Gasteiger partial charge >= 0.3 is 0 Å². The minimum absolute atomic E-state index is 0.0759. The summed E-state index contributed by atoms with van der Waals surface area (Å²) in [6, 6.07) is 6.02. The van der Waals surface area contributed by atoms with Crippen molar-refractivity contribution in [1.29, 1.82) is 0 Å². The van der Waals surface area contributed by atoms with Gasteiger partial charge in [0.15, 0.2) is 0 Å². The fourth-order valence-corrected chi connectivity index (χ4v) is 2.48. The van der Waals surface area contributed by atoms with Crippen LogP contribution in [0.1, 0.15) is 17.5 Å². The summed E-state index contributed by atoms with van der Waals surface area (Å²) in [4.78, 5) is 13.6. The number of anilines is 1. The number of rotatable bonds is 2. The Labute approximate surface area is 99.8 Å². The average molecular weight is 233 g/mol. The Hall–Kier alpha value is -1.39. The Morgan fingerprint density at radius 3 is 2.94 bits per heavy atom. The van der Waals surface area contributed by atoms with Gasteiger partial charge in [-0.25, -0.2) is 0 Å². The van der Waals surface area contributed by atoms with Crippen LogP contribution in [-0.2, 0) is 22.7 Å². The number of carbonyl (C=O) groups is 1. The summed E-state index contributed by atoms with van der Waals surface area (Å²) in [6.45, 7) is 2.00. The summed E-state index contributed by atoms with van der Waals surface area (Å²) in [5, 5.41) is 9.10. The predicted octanol–water partition coefficient (Wildman–Crippen LogP) is 1.06. The van der Waals surface area contributed by atoms with Gasteiger partial charge in [-0.2, -0.15) is 0 Å². The van der Waals surface area contributed by atoms with Gasteiger partial charge < -0.3 is 14.7 Å². The first kappa shape index (κ1) is 10.7. The van der Waals surface area contributed by atoms with E-state index in [-0.39, 0.29) is 18.4 Å². The molecule has 0 aromatic heterocycles. The molecule has 1 fully saturated rings. The number of fused-ring (bicyclic) bond motifs is 1. The molecule has 4 nitrogen and oxygen atoms in total. The summed E-state index contributed by atoms with van der Waals surface area (Å²) in [5.41, 5.74) is 3.30. The van der Waals surface area contributed by atoms with E-state index in [0.29, 0.717) is 26.2 Å². The highest BCUT2D eigenvalue weighted by atomic mass is 16.5. The van der Waals surface area contributed by atoms with E-state index >= 15 is 0 Å². The number of aliphatic hydroxyl groups is 1. The molecule has 4 heteroatoms. The molecule has 1 amide bonds. The molecule has 0 radical (unpaired) electrons. The Morgan fingerprint density at radius 1 is 1.35 bits per heavy atom. The lowest BCUT2D eigenvalue weighted by Gasteiger charge is -2.17. The molecule has 0 aliphatic carbocycles. The van der Waals surface area contributed by atoms with Crippen LogP contribution >= 0.6 is 0 Å². The number of hydrogen-bond donors (Lipinski definition) is 1. The van der Waals surface area contributed by atoms with Crippen LogP contribution in [0.2, 0.25) is 0 Å². The second-order valence-corrected chi connectivity index (χ2v) is 4.70. The second-order valence-electron chi connectivity index (χ2n) is 4.70. The van der Waals surface area contributed by atoms with Gasteiger partial charge in [0, 0.05) is 31.2 Å². The van der Waals surface area contributed by atoms with Gasteiger partial charge in [0.25, 0.3) is 0 Å². The van der Waals surface area contributed by atoms with Crippen LogP contribution in [0.5, 0.6) is 0 Å². The van der Waals surface area contributed by atoms with Crippen molar-refractivity contribution in [3.8, 4) is 0 Å². The smallest absolute Gasteiger partial charge is 0.227 e. The van der Waals surface area contributed by atoms with E-state index in [1.807, 2.05) is 18.2 Å². The van der Waals surface area contributed by atoms with Crippen molar-refractivity contribution >= 4 is 11.6 Å². The highest BCUT2D eigenvalue weighted by Gasteiger charge is 2.30. The molecular weight excluding hydrogens is 218 g/mol. The van der Waals surface area contributed by atoms with Gasteiger partial charge in [0.1, 0.15) is 0 Å². The lowest BCUT2D eigenvalue weighted by molar-refractivity contribution is -0.117. The quantitative estimate of drug-likeness (QED) is 0.831. The molecule has 17 heavy (non-hydrogen) atoms. The third-order valence-corrected chi connectivity index (χ3v) is 3.48. The van der Waals surface area contributed by atoms with Crippen molar-refractivity contribution in [2.45, 2.75) is 19.6 Å². The van der Waals surface area contributed by atoms with Crippen LogP contribution in [0.3, 0.4) is 0 Å². The van der Waals surface area contributed by atoms with Gasteiger partial charge in [-0.3, -0.25) is 4.79 Å². The molecule has 2 heterocycles. The molecule has 1 N–H and O–H groups in total. The predicted molar refractivity (Wildman–Crippen MR) is 62.5 cm³/mol. The maximum absolute atomic E-state index is 11.8. The Kier molecular flexibility index (Phi) is 2.61. The normalized spacial score (nSPS) is 23.2. The Morgan fingerprint density at radius 2 is 2.18 bits per heavy atom. The molecule has 0 bridgehead atoms. The van der Waals surface area contributed by atoms with Crippen LogP contribution in [0, 0.1) is 5.92 Å². The molecule has 1 atom stereocenters. The lowest BCUT2D eigenvalue weighted by Crippen LogP contribution is -2.24. The maximum atomic E-state index is 11.8. The maximum Gasteiger partial charge on any atom is 0.227 e. The van der Waals surface area contributed by atoms with Crippen molar-refractivity contribution in [1.82, 2.24) is 0 Å². The van der Waals surface area contributed by atoms with E-state index in [1.165, 1.54) is 11.1 Å². The number of benzene rings is 1. The second kappa shape index (κ2) is 4.13. The molecule has 3 rings (SSSR count). The minimum Gasteiger partial charge on any atom is -0.396 e. The summed E-state index contributed by atoms with van der Waals surface area (Å²) in [5.74, 6) is 0.176. The van der Waals surface area contributed by atoms with Crippen LogP contribution in [-0.4, -0.2) is 24.2 Å². The number of amides is 1. The topological polar surface area (TPSA) is 49.8 Å². The molecule has 0 saturated carbocycles. The van der Waals surface area contributed by atoms with E-state index in [2.05, 4.69) is 0 Å². The molecule has 2 aliphatic rings. The van der Waals surface area contributed by atoms with E-state index in [1.54, 1.807) is 4.90 Å². The highest BCUT2D eigenvalue weighted by Crippen LogP contribution is 2.29. The fraction of sp³-hybridized carbons (Fsp3) is 0.462. The van der Waals surface area contributed by atoms with Crippen LogP contribution in [0.4, 0.5) is 5.69 Å². The summed E-state index contributed by atoms with van der Waals surface area (Å²) in [6.07, 6.45) is 0.448. The first-order valence-electron chi connectivity index (χ1n) is 5.88. The van der Waals surface area contributed by atoms with E-state index in [4.69, 9.17) is 9.84 Å². The summed E-state index contributed by atoms with van der Waals surface area (Å²) in [7, 11) is 0. The number of ether oxygens (including phenoxy) is 1. The van der Waals surface area contributed by atoms with E-state index < -0.39 is 0 Å². The average Bonchev–Trinajstić information content (AvgIpc) is 2.93.